The van der Waals surface area contributed by atoms with Crippen LogP contribution >= 0.6 is 0 Å². The molecule has 0 spiro atoms. The van der Waals surface area contributed by atoms with Gasteiger partial charge in [-0.1, -0.05) is 63.2 Å². The highest BCUT2D eigenvalue weighted by Crippen LogP contribution is 2.38. The molecule has 0 atom stereocenters. The van der Waals surface area contributed by atoms with Gasteiger partial charge in [-0.3, -0.25) is 4.79 Å². The summed E-state index contributed by atoms with van der Waals surface area (Å²) >= 11 is 0. The summed E-state index contributed by atoms with van der Waals surface area (Å²) in [6, 6.07) is 15.8. The van der Waals surface area contributed by atoms with Gasteiger partial charge in [-0.25, -0.2) is 5.84 Å². The van der Waals surface area contributed by atoms with Crippen LogP contribution < -0.4 is 16.5 Å². The predicted octanol–water partition coefficient (Wildman–Crippen LogP) is 3.95. The Bertz CT molecular complexity index is 924. The Hall–Kier alpha value is -2.79. The molecule has 148 valence electrons. The predicted molar refractivity (Wildman–Crippen MR) is 116 cm³/mol. The van der Waals surface area contributed by atoms with E-state index in [0.29, 0.717) is 12.2 Å². The van der Waals surface area contributed by atoms with Crippen LogP contribution in [0.15, 0.2) is 48.5 Å². The number of para-hydroxylation sites is 1. The zero-order valence-corrected chi connectivity index (χ0v) is 17.4. The highest BCUT2D eigenvalue weighted by molar-refractivity contribution is 6.02. The minimum atomic E-state index is -0.517. The first-order valence-corrected chi connectivity index (χ1v) is 9.66. The maximum atomic E-state index is 13.4. The summed E-state index contributed by atoms with van der Waals surface area (Å²) in [4.78, 5) is 15.2. The highest BCUT2D eigenvalue weighted by atomic mass is 16.2. The van der Waals surface area contributed by atoms with Crippen LogP contribution in [0, 0.1) is 5.41 Å². The second-order valence-electron chi connectivity index (χ2n) is 8.58. The van der Waals surface area contributed by atoms with E-state index in [-0.39, 0.29) is 11.9 Å². The van der Waals surface area contributed by atoms with Crippen LogP contribution in [0.3, 0.4) is 0 Å². The number of hydrazine groups is 1. The van der Waals surface area contributed by atoms with E-state index in [1.807, 2.05) is 88.0 Å². The number of nitrogens with zero attached hydrogens (tertiary/aromatic N) is 2. The number of anilines is 1. The number of amides is 1. The van der Waals surface area contributed by atoms with Crippen molar-refractivity contribution in [1.82, 2.24) is 5.01 Å². The Balaban J connectivity index is 2.36. The summed E-state index contributed by atoms with van der Waals surface area (Å²) in [5, 5.41) is 1.69. The number of carbonyl (C=O) groups is 1. The van der Waals surface area contributed by atoms with E-state index in [9.17, 15) is 4.79 Å². The molecule has 0 unspecified atom stereocenters. The SMILES string of the molecule is CC(C)N(N)/C1=C(\N)c2ccccc2CN(C(=O)C(C)(C)C)c2ccccc21. The van der Waals surface area contributed by atoms with Crippen LogP contribution in [0.5, 0.6) is 0 Å². The quantitative estimate of drug-likeness (QED) is 0.613. The fourth-order valence-corrected chi connectivity index (χ4v) is 3.48. The number of carbonyl (C=O) groups excluding carboxylic acids is 1. The van der Waals surface area contributed by atoms with E-state index < -0.39 is 5.41 Å². The number of nitrogens with two attached hydrogens (primary N) is 2. The molecule has 0 bridgehead atoms. The van der Waals surface area contributed by atoms with Crippen molar-refractivity contribution in [3.8, 4) is 0 Å². The van der Waals surface area contributed by atoms with Crippen molar-refractivity contribution in [2.24, 2.45) is 17.0 Å². The zero-order valence-electron chi connectivity index (χ0n) is 17.4. The Morgan fingerprint density at radius 1 is 1.04 bits per heavy atom. The molecule has 5 nitrogen and oxygen atoms in total. The maximum Gasteiger partial charge on any atom is 0.232 e. The summed E-state index contributed by atoms with van der Waals surface area (Å²) < 4.78 is 0. The zero-order chi connectivity index (χ0) is 20.6. The molecular formula is C23H30N4O. The normalized spacial score (nSPS) is 16.9. The molecule has 0 saturated heterocycles. The van der Waals surface area contributed by atoms with Gasteiger partial charge < -0.3 is 15.6 Å². The minimum absolute atomic E-state index is 0.0416. The Morgan fingerprint density at radius 2 is 1.61 bits per heavy atom. The molecule has 0 saturated carbocycles. The Labute approximate surface area is 167 Å². The lowest BCUT2D eigenvalue weighted by atomic mass is 9.91. The van der Waals surface area contributed by atoms with Gasteiger partial charge >= 0.3 is 0 Å². The molecule has 2 aromatic carbocycles. The average molecular weight is 379 g/mol. The van der Waals surface area contributed by atoms with Gasteiger partial charge in [0.2, 0.25) is 5.91 Å². The Kier molecular flexibility index (Phi) is 5.22. The van der Waals surface area contributed by atoms with Crippen LogP contribution in [-0.2, 0) is 11.3 Å². The molecule has 2 aromatic rings. The summed E-state index contributed by atoms with van der Waals surface area (Å²) in [6.07, 6.45) is 0. The van der Waals surface area contributed by atoms with Crippen molar-refractivity contribution < 1.29 is 4.79 Å². The van der Waals surface area contributed by atoms with Crippen LogP contribution in [0.4, 0.5) is 5.69 Å². The summed E-state index contributed by atoms with van der Waals surface area (Å²) in [7, 11) is 0. The molecule has 3 rings (SSSR count). The molecule has 1 amide bonds. The van der Waals surface area contributed by atoms with E-state index in [1.54, 1.807) is 5.01 Å². The smallest absolute Gasteiger partial charge is 0.232 e. The van der Waals surface area contributed by atoms with Crippen molar-refractivity contribution in [2.75, 3.05) is 4.90 Å². The van der Waals surface area contributed by atoms with Crippen LogP contribution in [0.2, 0.25) is 0 Å². The third-order valence-electron chi connectivity index (χ3n) is 5.04. The number of hydrogen-bond donors (Lipinski definition) is 2. The average Bonchev–Trinajstić information content (AvgIpc) is 2.64. The summed E-state index contributed by atoms with van der Waals surface area (Å²) in [5.41, 5.74) is 11.1. The van der Waals surface area contributed by atoms with Gasteiger partial charge in [0.15, 0.2) is 0 Å². The topological polar surface area (TPSA) is 75.6 Å². The summed E-state index contributed by atoms with van der Waals surface area (Å²) in [6.45, 7) is 10.3. The number of fused-ring (bicyclic) bond motifs is 2. The lowest BCUT2D eigenvalue weighted by molar-refractivity contribution is -0.125. The fourth-order valence-electron chi connectivity index (χ4n) is 3.48. The standard InChI is InChI=1S/C23H30N4O/c1-15(2)27(25)21-18-12-8-9-13-19(18)26(22(28)23(3,4)5)14-16-10-6-7-11-17(16)20(21)24/h6-13,15H,14,24-25H2,1-5H3/b21-20-. The van der Waals surface area contributed by atoms with E-state index >= 15 is 0 Å². The molecule has 0 aliphatic carbocycles. The van der Waals surface area contributed by atoms with Gasteiger partial charge in [-0.15, -0.1) is 0 Å². The second-order valence-corrected chi connectivity index (χ2v) is 8.58. The molecule has 1 aliphatic rings. The number of benzene rings is 2. The van der Waals surface area contributed by atoms with Gasteiger partial charge in [-0.2, -0.15) is 0 Å². The lowest BCUT2D eigenvalue weighted by Gasteiger charge is -2.36. The molecule has 0 radical (unpaired) electrons. The van der Waals surface area contributed by atoms with E-state index in [0.717, 1.165) is 28.1 Å². The largest absolute Gasteiger partial charge is 0.396 e. The first-order valence-electron chi connectivity index (χ1n) is 9.66. The summed E-state index contributed by atoms with van der Waals surface area (Å²) in [5.74, 6) is 6.53. The number of rotatable bonds is 2. The van der Waals surface area contributed by atoms with Crippen molar-refractivity contribution in [3.05, 3.63) is 65.2 Å². The first kappa shape index (κ1) is 20.0. The molecule has 1 heterocycles. The van der Waals surface area contributed by atoms with Crippen molar-refractivity contribution in [1.29, 1.82) is 0 Å². The maximum absolute atomic E-state index is 13.4. The highest BCUT2D eigenvalue weighted by Gasteiger charge is 2.33. The number of hydrogen-bond acceptors (Lipinski definition) is 4. The van der Waals surface area contributed by atoms with Gasteiger partial charge in [-0.05, 0) is 25.5 Å². The van der Waals surface area contributed by atoms with Crippen LogP contribution in [0.25, 0.3) is 11.4 Å². The lowest BCUT2D eigenvalue weighted by Crippen LogP contribution is -2.42. The van der Waals surface area contributed by atoms with Crippen molar-refractivity contribution in [3.63, 3.8) is 0 Å². The van der Waals surface area contributed by atoms with Crippen molar-refractivity contribution >= 4 is 23.0 Å². The Morgan fingerprint density at radius 3 is 2.21 bits per heavy atom. The van der Waals surface area contributed by atoms with E-state index in [1.165, 1.54) is 0 Å². The van der Waals surface area contributed by atoms with Gasteiger partial charge in [0.05, 0.1) is 23.6 Å². The molecular weight excluding hydrogens is 348 g/mol. The third-order valence-corrected chi connectivity index (χ3v) is 5.04. The molecule has 1 aliphatic heterocycles. The van der Waals surface area contributed by atoms with Gasteiger partial charge in [0.1, 0.15) is 0 Å². The second kappa shape index (κ2) is 7.32. The van der Waals surface area contributed by atoms with Crippen molar-refractivity contribution in [2.45, 2.75) is 47.2 Å². The third kappa shape index (κ3) is 3.50. The molecule has 28 heavy (non-hydrogen) atoms. The fraction of sp³-hybridized carbons (Fsp3) is 0.348. The molecule has 4 N–H and O–H groups in total. The minimum Gasteiger partial charge on any atom is -0.396 e. The molecule has 5 heteroatoms. The molecule has 0 aromatic heterocycles. The van der Waals surface area contributed by atoms with E-state index in [2.05, 4.69) is 0 Å². The first-order chi connectivity index (χ1) is 13.1. The van der Waals surface area contributed by atoms with Gasteiger partial charge in [0, 0.05) is 22.6 Å². The monoisotopic (exact) mass is 378 g/mol. The van der Waals surface area contributed by atoms with Gasteiger partial charge in [0.25, 0.3) is 0 Å². The van der Waals surface area contributed by atoms with E-state index in [4.69, 9.17) is 11.6 Å². The molecule has 0 fully saturated rings. The van der Waals surface area contributed by atoms with Crippen LogP contribution in [-0.4, -0.2) is 17.0 Å². The van der Waals surface area contributed by atoms with Crippen LogP contribution in [0.1, 0.15) is 51.3 Å².